The number of carbonyl (C=O) groups excluding carboxylic acids is 2. The van der Waals surface area contributed by atoms with Crippen molar-refractivity contribution in [3.05, 3.63) is 64.4 Å². The van der Waals surface area contributed by atoms with Crippen LogP contribution in [0.15, 0.2) is 42.5 Å². The van der Waals surface area contributed by atoms with Gasteiger partial charge >= 0.3 is 0 Å². The van der Waals surface area contributed by atoms with Gasteiger partial charge in [0, 0.05) is 47.7 Å². The summed E-state index contributed by atoms with van der Waals surface area (Å²) in [6.07, 6.45) is -1.21. The molecule has 14 heteroatoms. The summed E-state index contributed by atoms with van der Waals surface area (Å²) in [4.78, 5) is 27.9. The van der Waals surface area contributed by atoms with E-state index in [4.69, 9.17) is 11.6 Å². The zero-order chi connectivity index (χ0) is 27.8. The monoisotopic (exact) mass is 569 g/mol. The summed E-state index contributed by atoms with van der Waals surface area (Å²) in [6.45, 7) is 1.12. The minimum atomic E-state index is -4.01. The molecule has 0 spiro atoms. The Labute approximate surface area is 222 Å². The SMILES string of the molecule is C[C@H]1CN1S(=O)(=O)NCC(=O)N(c1cc(F)cc(C#N)c1)[C@H](C(=O)NC1CC(F)(F)C1)c1ccccc1Cl. The van der Waals surface area contributed by atoms with Crippen LogP contribution in [0.25, 0.3) is 0 Å². The van der Waals surface area contributed by atoms with Gasteiger partial charge in [-0.25, -0.2) is 13.2 Å². The number of halogens is 4. The molecule has 38 heavy (non-hydrogen) atoms. The van der Waals surface area contributed by atoms with Gasteiger partial charge in [-0.05, 0) is 31.2 Å². The van der Waals surface area contributed by atoms with Gasteiger partial charge in [-0.1, -0.05) is 29.8 Å². The third-order valence-corrected chi connectivity index (χ3v) is 8.20. The topological polar surface area (TPSA) is 122 Å². The molecule has 4 rings (SSSR count). The number of nitrogens with zero attached hydrogens (tertiary/aromatic N) is 3. The molecule has 1 aliphatic carbocycles. The molecule has 0 bridgehead atoms. The Morgan fingerprint density at radius 1 is 1.26 bits per heavy atom. The second-order valence-electron chi connectivity index (χ2n) is 9.21. The van der Waals surface area contributed by atoms with Gasteiger partial charge in [0.1, 0.15) is 11.9 Å². The Morgan fingerprint density at radius 3 is 2.50 bits per heavy atom. The van der Waals surface area contributed by atoms with Crippen molar-refractivity contribution in [3.63, 3.8) is 0 Å². The fourth-order valence-electron chi connectivity index (χ4n) is 4.22. The molecule has 2 aliphatic rings. The third-order valence-electron chi connectivity index (χ3n) is 6.22. The second kappa shape index (κ2) is 10.5. The van der Waals surface area contributed by atoms with Crippen molar-refractivity contribution in [1.29, 1.82) is 5.26 Å². The Kier molecular flexibility index (Phi) is 7.72. The third kappa shape index (κ3) is 6.10. The van der Waals surface area contributed by atoms with Gasteiger partial charge in [0.25, 0.3) is 16.1 Å². The molecule has 0 radical (unpaired) electrons. The number of hydrogen-bond donors (Lipinski definition) is 2. The highest BCUT2D eigenvalue weighted by Gasteiger charge is 2.47. The number of amides is 2. The lowest BCUT2D eigenvalue weighted by atomic mass is 9.87. The quantitative estimate of drug-likeness (QED) is 0.450. The maximum absolute atomic E-state index is 14.5. The van der Waals surface area contributed by atoms with E-state index >= 15 is 0 Å². The summed E-state index contributed by atoms with van der Waals surface area (Å²) in [7, 11) is -4.01. The highest BCUT2D eigenvalue weighted by atomic mass is 35.5. The molecule has 2 aromatic rings. The molecule has 2 aromatic carbocycles. The van der Waals surface area contributed by atoms with E-state index in [0.717, 1.165) is 27.4 Å². The predicted molar refractivity (Wildman–Crippen MR) is 132 cm³/mol. The molecule has 0 aromatic heterocycles. The summed E-state index contributed by atoms with van der Waals surface area (Å²) in [5, 5.41) is 11.9. The lowest BCUT2D eigenvalue weighted by Crippen LogP contribution is -2.55. The van der Waals surface area contributed by atoms with E-state index in [1.807, 2.05) is 0 Å². The zero-order valence-corrected chi connectivity index (χ0v) is 21.6. The maximum atomic E-state index is 14.5. The smallest absolute Gasteiger partial charge is 0.280 e. The molecule has 3 atom stereocenters. The van der Waals surface area contributed by atoms with Crippen LogP contribution in [0.5, 0.6) is 0 Å². The molecule has 2 amide bonds. The van der Waals surface area contributed by atoms with Crippen LogP contribution in [0.3, 0.4) is 0 Å². The minimum absolute atomic E-state index is 0.0415. The van der Waals surface area contributed by atoms with Crippen LogP contribution in [-0.2, 0) is 19.8 Å². The van der Waals surface area contributed by atoms with E-state index in [-0.39, 0.29) is 34.4 Å². The lowest BCUT2D eigenvalue weighted by molar-refractivity contribution is -0.132. The van der Waals surface area contributed by atoms with Gasteiger partial charge < -0.3 is 5.32 Å². The summed E-state index contributed by atoms with van der Waals surface area (Å²) in [5.74, 6) is -5.70. The second-order valence-corrected chi connectivity index (χ2v) is 11.3. The zero-order valence-electron chi connectivity index (χ0n) is 20.0. The van der Waals surface area contributed by atoms with Crippen LogP contribution >= 0.6 is 11.6 Å². The number of alkyl halides is 2. The lowest BCUT2D eigenvalue weighted by Gasteiger charge is -2.38. The van der Waals surface area contributed by atoms with Crippen LogP contribution in [-0.4, -0.2) is 55.6 Å². The Hall–Kier alpha value is -3.18. The summed E-state index contributed by atoms with van der Waals surface area (Å²) >= 11 is 6.35. The summed E-state index contributed by atoms with van der Waals surface area (Å²) in [5.41, 5.74) is -0.325. The first kappa shape index (κ1) is 27.8. The number of carbonyl (C=O) groups is 2. The van der Waals surface area contributed by atoms with Gasteiger partial charge in [-0.15, -0.1) is 0 Å². The van der Waals surface area contributed by atoms with E-state index < -0.39 is 65.2 Å². The van der Waals surface area contributed by atoms with E-state index in [9.17, 15) is 36.4 Å². The maximum Gasteiger partial charge on any atom is 0.280 e. The molecule has 1 heterocycles. The van der Waals surface area contributed by atoms with Gasteiger partial charge in [0.05, 0.1) is 18.2 Å². The first-order valence-corrected chi connectivity index (χ1v) is 13.3. The Morgan fingerprint density at radius 2 is 1.92 bits per heavy atom. The van der Waals surface area contributed by atoms with Crippen molar-refractivity contribution in [2.45, 2.75) is 43.8 Å². The highest BCUT2D eigenvalue weighted by Crippen LogP contribution is 2.39. The van der Waals surface area contributed by atoms with Gasteiger partial charge in [0.2, 0.25) is 11.8 Å². The van der Waals surface area contributed by atoms with Gasteiger partial charge in [-0.2, -0.15) is 22.7 Å². The minimum Gasteiger partial charge on any atom is -0.351 e. The normalized spacial score (nSPS) is 21.1. The number of nitriles is 1. The summed E-state index contributed by atoms with van der Waals surface area (Å²) in [6, 6.07) is 7.93. The van der Waals surface area contributed by atoms with Crippen LogP contribution in [0.1, 0.15) is 36.9 Å². The standard InChI is InChI=1S/C24H23ClF3N5O4S/c1-14-13-32(14)38(36,37)30-12-21(34)33(18-7-15(11-29)6-16(26)8-18)22(19-4-2-3-5-20(19)25)23(35)31-17-9-24(27,28)10-17/h2-8,14,17,22,30H,9-10,12-13H2,1H3,(H,31,35)/t14-,22-,32?/m0/s1. The fraction of sp³-hybridized carbons (Fsp3) is 0.375. The molecular weight excluding hydrogens is 547 g/mol. The van der Waals surface area contributed by atoms with Crippen LogP contribution < -0.4 is 14.9 Å². The number of hydrogen-bond acceptors (Lipinski definition) is 5. The van der Waals surface area contributed by atoms with Crippen LogP contribution in [0.2, 0.25) is 5.02 Å². The van der Waals surface area contributed by atoms with Crippen molar-refractivity contribution in [3.8, 4) is 6.07 Å². The van der Waals surface area contributed by atoms with Crippen LogP contribution in [0, 0.1) is 17.1 Å². The molecule has 1 saturated heterocycles. The number of rotatable bonds is 9. The van der Waals surface area contributed by atoms with Crippen molar-refractivity contribution in [1.82, 2.24) is 14.3 Å². The predicted octanol–water partition coefficient (Wildman–Crippen LogP) is 2.88. The average Bonchev–Trinajstić information content (AvgIpc) is 3.57. The number of benzene rings is 2. The first-order valence-electron chi connectivity index (χ1n) is 11.5. The molecular formula is C24H23ClF3N5O4S. The fourth-order valence-corrected chi connectivity index (χ4v) is 5.82. The van der Waals surface area contributed by atoms with Crippen LogP contribution in [0.4, 0.5) is 18.9 Å². The van der Waals surface area contributed by atoms with Gasteiger partial charge in [-0.3, -0.25) is 14.5 Å². The first-order chi connectivity index (χ1) is 17.8. The molecule has 1 aliphatic heterocycles. The highest BCUT2D eigenvalue weighted by molar-refractivity contribution is 7.87. The van der Waals surface area contributed by atoms with E-state index in [0.29, 0.717) is 0 Å². The number of anilines is 1. The molecule has 9 nitrogen and oxygen atoms in total. The average molecular weight is 570 g/mol. The molecule has 2 N–H and O–H groups in total. The molecule has 1 unspecified atom stereocenters. The van der Waals surface area contributed by atoms with Gasteiger partial charge in [0.15, 0.2) is 0 Å². The van der Waals surface area contributed by atoms with Crippen molar-refractivity contribution < 1.29 is 31.2 Å². The van der Waals surface area contributed by atoms with Crippen molar-refractivity contribution >= 4 is 39.3 Å². The largest absolute Gasteiger partial charge is 0.351 e. The molecule has 1 saturated carbocycles. The van der Waals surface area contributed by atoms with E-state index in [1.54, 1.807) is 19.1 Å². The van der Waals surface area contributed by atoms with Crippen molar-refractivity contribution in [2.75, 3.05) is 18.0 Å². The van der Waals surface area contributed by atoms with E-state index in [2.05, 4.69) is 10.0 Å². The number of nitrogens with one attached hydrogen (secondary N) is 2. The Bertz CT molecular complexity index is 1410. The van der Waals surface area contributed by atoms with E-state index in [1.165, 1.54) is 18.2 Å². The molecule has 2 fully saturated rings. The molecule has 202 valence electrons. The summed E-state index contributed by atoms with van der Waals surface area (Å²) < 4.78 is 69.5. The van der Waals surface area contributed by atoms with Crippen molar-refractivity contribution in [2.24, 2.45) is 0 Å². The Balaban J connectivity index is 1.75.